The van der Waals surface area contributed by atoms with E-state index in [2.05, 4.69) is 0 Å². The number of carboxylic acids is 1. The average Bonchev–Trinajstić information content (AvgIpc) is 2.71. The van der Waals surface area contributed by atoms with Crippen molar-refractivity contribution >= 4 is 12.0 Å². The quantitative estimate of drug-likeness (QED) is 0.452. The van der Waals surface area contributed by atoms with Crippen LogP contribution in [0.1, 0.15) is 16.7 Å². The van der Waals surface area contributed by atoms with Crippen LogP contribution in [0.15, 0.2) is 72.8 Å². The number of benzene rings is 3. The standard InChI is InChI=1S/C24H18F4O3/c25-22-15-20(24(26,27)28)10-9-17(22)7-3-11-31-21-8-2-6-19(14-21)18-5-1-4-16(12-18)13-23(29)30/h1-10,12,14-15H,11,13H2,(H,29,30)/b7-3+. The molecule has 0 unspecified atom stereocenters. The number of hydrogen-bond acceptors (Lipinski definition) is 2. The van der Waals surface area contributed by atoms with Crippen LogP contribution in [0.25, 0.3) is 17.2 Å². The Hall–Kier alpha value is -3.61. The van der Waals surface area contributed by atoms with Gasteiger partial charge in [-0.05, 0) is 47.0 Å². The summed E-state index contributed by atoms with van der Waals surface area (Å²) in [5.74, 6) is -1.33. The number of aliphatic carboxylic acids is 1. The predicted molar refractivity (Wildman–Crippen MR) is 109 cm³/mol. The van der Waals surface area contributed by atoms with Crippen molar-refractivity contribution < 1.29 is 32.2 Å². The summed E-state index contributed by atoms with van der Waals surface area (Å²) in [7, 11) is 0. The van der Waals surface area contributed by atoms with E-state index in [0.717, 1.165) is 23.3 Å². The molecule has 0 aliphatic heterocycles. The highest BCUT2D eigenvalue weighted by Crippen LogP contribution is 2.30. The third-order valence-electron chi connectivity index (χ3n) is 4.42. The lowest BCUT2D eigenvalue weighted by atomic mass is 10.0. The van der Waals surface area contributed by atoms with E-state index in [1.54, 1.807) is 36.4 Å². The summed E-state index contributed by atoms with van der Waals surface area (Å²) in [6, 6.07) is 16.7. The minimum Gasteiger partial charge on any atom is -0.490 e. The van der Waals surface area contributed by atoms with Gasteiger partial charge in [-0.15, -0.1) is 0 Å². The van der Waals surface area contributed by atoms with Crippen LogP contribution in [0.3, 0.4) is 0 Å². The Labute approximate surface area is 176 Å². The summed E-state index contributed by atoms with van der Waals surface area (Å²) in [5, 5.41) is 8.94. The molecule has 0 saturated heterocycles. The van der Waals surface area contributed by atoms with Crippen LogP contribution in [-0.4, -0.2) is 17.7 Å². The molecule has 0 aliphatic rings. The fourth-order valence-electron chi connectivity index (χ4n) is 2.96. The van der Waals surface area contributed by atoms with Gasteiger partial charge in [-0.1, -0.05) is 48.5 Å². The molecule has 0 aromatic heterocycles. The third kappa shape index (κ3) is 6.18. The van der Waals surface area contributed by atoms with Gasteiger partial charge in [-0.25, -0.2) is 4.39 Å². The first-order valence-corrected chi connectivity index (χ1v) is 9.29. The van der Waals surface area contributed by atoms with Gasteiger partial charge >= 0.3 is 12.1 Å². The first kappa shape index (κ1) is 22.1. The normalized spacial score (nSPS) is 11.6. The molecule has 0 heterocycles. The van der Waals surface area contributed by atoms with Gasteiger partial charge in [0.25, 0.3) is 0 Å². The van der Waals surface area contributed by atoms with Crippen molar-refractivity contribution in [3.8, 4) is 16.9 Å². The molecule has 0 amide bonds. The van der Waals surface area contributed by atoms with E-state index in [1.807, 2.05) is 12.1 Å². The van der Waals surface area contributed by atoms with Crippen LogP contribution >= 0.6 is 0 Å². The number of rotatable bonds is 7. The third-order valence-corrected chi connectivity index (χ3v) is 4.42. The molecule has 0 radical (unpaired) electrons. The molecule has 160 valence electrons. The van der Waals surface area contributed by atoms with Crippen molar-refractivity contribution in [2.24, 2.45) is 0 Å². The zero-order valence-electron chi connectivity index (χ0n) is 16.2. The molecule has 7 heteroatoms. The van der Waals surface area contributed by atoms with E-state index in [4.69, 9.17) is 9.84 Å². The second-order valence-corrected chi connectivity index (χ2v) is 6.75. The number of alkyl halides is 3. The number of ether oxygens (including phenoxy) is 1. The molecular formula is C24H18F4O3. The van der Waals surface area contributed by atoms with Crippen LogP contribution in [-0.2, 0) is 17.4 Å². The van der Waals surface area contributed by atoms with E-state index >= 15 is 0 Å². The topological polar surface area (TPSA) is 46.5 Å². The highest BCUT2D eigenvalue weighted by molar-refractivity contribution is 5.72. The summed E-state index contributed by atoms with van der Waals surface area (Å²) in [4.78, 5) is 10.9. The van der Waals surface area contributed by atoms with Crippen molar-refractivity contribution in [2.45, 2.75) is 12.6 Å². The number of carboxylic acid groups (broad SMARTS) is 1. The zero-order valence-corrected chi connectivity index (χ0v) is 16.2. The van der Waals surface area contributed by atoms with E-state index in [-0.39, 0.29) is 18.6 Å². The molecular weight excluding hydrogens is 412 g/mol. The smallest absolute Gasteiger partial charge is 0.416 e. The Morgan fingerprint density at radius 1 is 0.968 bits per heavy atom. The van der Waals surface area contributed by atoms with Crippen LogP contribution in [0.5, 0.6) is 5.75 Å². The van der Waals surface area contributed by atoms with E-state index < -0.39 is 23.5 Å². The fourth-order valence-corrected chi connectivity index (χ4v) is 2.96. The SMILES string of the molecule is O=C(O)Cc1cccc(-c2cccc(OC/C=C/c3ccc(C(F)(F)F)cc3F)c2)c1. The molecule has 3 aromatic carbocycles. The predicted octanol–water partition coefficient (Wildman–Crippen LogP) is 6.23. The molecule has 0 bridgehead atoms. The van der Waals surface area contributed by atoms with Gasteiger partial charge in [0.1, 0.15) is 18.2 Å². The van der Waals surface area contributed by atoms with E-state index in [1.165, 1.54) is 12.2 Å². The van der Waals surface area contributed by atoms with Gasteiger partial charge in [0.05, 0.1) is 12.0 Å². The molecule has 0 aliphatic carbocycles. The highest BCUT2D eigenvalue weighted by atomic mass is 19.4. The van der Waals surface area contributed by atoms with Gasteiger partial charge in [0.15, 0.2) is 0 Å². The van der Waals surface area contributed by atoms with Crippen LogP contribution in [0.2, 0.25) is 0 Å². The molecule has 0 spiro atoms. The summed E-state index contributed by atoms with van der Waals surface area (Å²) in [5.41, 5.74) is 1.34. The molecule has 3 rings (SSSR count). The summed E-state index contributed by atoms with van der Waals surface area (Å²) in [6.45, 7) is 0.0863. The Morgan fingerprint density at radius 3 is 2.35 bits per heavy atom. The monoisotopic (exact) mass is 430 g/mol. The van der Waals surface area contributed by atoms with Crippen molar-refractivity contribution in [1.29, 1.82) is 0 Å². The van der Waals surface area contributed by atoms with Crippen LogP contribution in [0, 0.1) is 5.82 Å². The van der Waals surface area contributed by atoms with Gasteiger partial charge < -0.3 is 9.84 Å². The largest absolute Gasteiger partial charge is 0.490 e. The Bertz CT molecular complexity index is 1100. The second-order valence-electron chi connectivity index (χ2n) is 6.75. The number of hydrogen-bond donors (Lipinski definition) is 1. The van der Waals surface area contributed by atoms with Crippen molar-refractivity contribution in [1.82, 2.24) is 0 Å². The van der Waals surface area contributed by atoms with Crippen molar-refractivity contribution in [3.05, 3.63) is 95.3 Å². The fraction of sp³-hybridized carbons (Fsp3) is 0.125. The van der Waals surface area contributed by atoms with Crippen molar-refractivity contribution in [2.75, 3.05) is 6.61 Å². The lowest BCUT2D eigenvalue weighted by Gasteiger charge is -2.08. The molecule has 0 fully saturated rings. The van der Waals surface area contributed by atoms with E-state index in [9.17, 15) is 22.4 Å². The summed E-state index contributed by atoms with van der Waals surface area (Å²) >= 11 is 0. The maximum absolute atomic E-state index is 13.9. The molecule has 1 N–H and O–H groups in total. The van der Waals surface area contributed by atoms with Gasteiger partial charge in [0, 0.05) is 5.56 Å². The highest BCUT2D eigenvalue weighted by Gasteiger charge is 2.30. The minimum atomic E-state index is -4.59. The maximum atomic E-state index is 13.9. The number of carbonyl (C=O) groups is 1. The van der Waals surface area contributed by atoms with Crippen LogP contribution < -0.4 is 4.74 Å². The molecule has 31 heavy (non-hydrogen) atoms. The first-order valence-electron chi connectivity index (χ1n) is 9.29. The summed E-state index contributed by atoms with van der Waals surface area (Å²) < 4.78 is 57.3. The molecule has 3 nitrogen and oxygen atoms in total. The zero-order chi connectivity index (χ0) is 22.4. The Balaban J connectivity index is 1.65. The molecule has 3 aromatic rings. The average molecular weight is 430 g/mol. The van der Waals surface area contributed by atoms with Gasteiger partial charge in [-0.2, -0.15) is 13.2 Å². The van der Waals surface area contributed by atoms with Crippen molar-refractivity contribution in [3.63, 3.8) is 0 Å². The molecule has 0 saturated carbocycles. The summed E-state index contributed by atoms with van der Waals surface area (Å²) in [6.07, 6.45) is -1.81. The van der Waals surface area contributed by atoms with E-state index in [0.29, 0.717) is 17.4 Å². The lowest BCUT2D eigenvalue weighted by molar-refractivity contribution is -0.138. The van der Waals surface area contributed by atoms with Gasteiger partial charge in [0.2, 0.25) is 0 Å². The van der Waals surface area contributed by atoms with Crippen LogP contribution in [0.4, 0.5) is 17.6 Å². The first-order chi connectivity index (χ1) is 14.7. The molecule has 0 atom stereocenters. The number of halogens is 4. The lowest BCUT2D eigenvalue weighted by Crippen LogP contribution is -2.05. The second kappa shape index (κ2) is 9.47. The maximum Gasteiger partial charge on any atom is 0.416 e. The Morgan fingerprint density at radius 2 is 1.68 bits per heavy atom. The van der Waals surface area contributed by atoms with Gasteiger partial charge in [-0.3, -0.25) is 4.79 Å². The minimum absolute atomic E-state index is 0.0283. The Kier molecular flexibility index (Phi) is 6.74.